The first-order valence-electron chi connectivity index (χ1n) is 11.1. The zero-order valence-electron chi connectivity index (χ0n) is 19.4. The smallest absolute Gasteiger partial charge is 0.191 e. The van der Waals surface area contributed by atoms with Gasteiger partial charge in [0.05, 0.1) is 26.4 Å². The van der Waals surface area contributed by atoms with Gasteiger partial charge in [-0.1, -0.05) is 12.1 Å². The Bertz CT molecular complexity index is 702. The van der Waals surface area contributed by atoms with Gasteiger partial charge in [-0.3, -0.25) is 9.89 Å². The molecule has 2 N–H and O–H groups in total. The molecule has 7 nitrogen and oxygen atoms in total. The predicted octanol–water partition coefficient (Wildman–Crippen LogP) is 2.80. The summed E-state index contributed by atoms with van der Waals surface area (Å²) in [6, 6.07) is 6.37. The van der Waals surface area contributed by atoms with E-state index >= 15 is 0 Å². The zero-order chi connectivity index (χ0) is 21.4. The Morgan fingerprint density at radius 3 is 2.65 bits per heavy atom. The Labute approximate surface area is 204 Å². The van der Waals surface area contributed by atoms with Crippen LogP contribution < -0.4 is 15.4 Å². The van der Waals surface area contributed by atoms with Crippen LogP contribution in [0.25, 0.3) is 0 Å². The lowest BCUT2D eigenvalue weighted by Gasteiger charge is -2.41. The fraction of sp³-hybridized carbons (Fsp3) is 0.696. The maximum atomic E-state index is 6.16. The maximum Gasteiger partial charge on any atom is 0.191 e. The van der Waals surface area contributed by atoms with Crippen molar-refractivity contribution in [3.05, 3.63) is 29.3 Å². The van der Waals surface area contributed by atoms with Gasteiger partial charge < -0.3 is 24.8 Å². The van der Waals surface area contributed by atoms with Gasteiger partial charge >= 0.3 is 0 Å². The summed E-state index contributed by atoms with van der Waals surface area (Å²) in [6.45, 7) is 14.0. The average molecular weight is 546 g/mol. The van der Waals surface area contributed by atoms with E-state index in [9.17, 15) is 0 Å². The first kappa shape index (κ1) is 26.2. The van der Waals surface area contributed by atoms with Crippen LogP contribution in [0.5, 0.6) is 5.75 Å². The third-order valence-electron chi connectivity index (χ3n) is 5.95. The van der Waals surface area contributed by atoms with Crippen LogP contribution in [0, 0.1) is 12.8 Å². The highest BCUT2D eigenvalue weighted by molar-refractivity contribution is 14.0. The van der Waals surface area contributed by atoms with Gasteiger partial charge in [0, 0.05) is 56.9 Å². The molecule has 176 valence electrons. The summed E-state index contributed by atoms with van der Waals surface area (Å²) in [5, 5.41) is 6.92. The molecular formula is C23H39IN4O3. The second kappa shape index (κ2) is 12.8. The molecule has 0 spiro atoms. The summed E-state index contributed by atoms with van der Waals surface area (Å²) in [7, 11) is 1.81. The molecular weight excluding hydrogens is 507 g/mol. The van der Waals surface area contributed by atoms with Gasteiger partial charge in [0.25, 0.3) is 0 Å². The molecule has 1 aromatic carbocycles. The monoisotopic (exact) mass is 546 g/mol. The summed E-state index contributed by atoms with van der Waals surface area (Å²) in [4.78, 5) is 6.87. The summed E-state index contributed by atoms with van der Waals surface area (Å²) in [6.07, 6.45) is 1.08. The van der Waals surface area contributed by atoms with Crippen molar-refractivity contribution in [1.29, 1.82) is 0 Å². The van der Waals surface area contributed by atoms with Gasteiger partial charge in [0.1, 0.15) is 5.75 Å². The summed E-state index contributed by atoms with van der Waals surface area (Å²) in [5.41, 5.74) is 2.36. The number of aryl methyl sites for hydroxylation is 1. The summed E-state index contributed by atoms with van der Waals surface area (Å²) >= 11 is 0. The number of guanidine groups is 1. The average Bonchev–Trinajstić information content (AvgIpc) is 3.27. The minimum atomic E-state index is 0. The Morgan fingerprint density at radius 1 is 1.19 bits per heavy atom. The first-order chi connectivity index (χ1) is 14.5. The van der Waals surface area contributed by atoms with Gasteiger partial charge in [-0.15, -0.1) is 24.0 Å². The van der Waals surface area contributed by atoms with Crippen molar-refractivity contribution < 1.29 is 14.2 Å². The molecule has 0 saturated carbocycles. The van der Waals surface area contributed by atoms with E-state index in [1.54, 1.807) is 0 Å². The summed E-state index contributed by atoms with van der Waals surface area (Å²) < 4.78 is 17.1. The lowest BCUT2D eigenvalue weighted by Crippen LogP contribution is -2.56. The van der Waals surface area contributed by atoms with E-state index in [2.05, 4.69) is 59.5 Å². The van der Waals surface area contributed by atoms with Crippen LogP contribution >= 0.6 is 24.0 Å². The molecule has 1 aromatic rings. The van der Waals surface area contributed by atoms with E-state index in [4.69, 9.17) is 14.2 Å². The maximum absolute atomic E-state index is 6.16. The normalized spacial score (nSPS) is 20.3. The number of benzene rings is 1. The third kappa shape index (κ3) is 8.07. The molecule has 1 atom stereocenters. The molecule has 8 heteroatoms. The van der Waals surface area contributed by atoms with Crippen LogP contribution in [0.3, 0.4) is 0 Å². The number of hydrogen-bond donors (Lipinski definition) is 2. The molecule has 0 bridgehead atoms. The molecule has 1 unspecified atom stereocenters. The number of nitrogens with zero attached hydrogens (tertiary/aromatic N) is 2. The molecule has 31 heavy (non-hydrogen) atoms. The van der Waals surface area contributed by atoms with Crippen molar-refractivity contribution in [3.63, 3.8) is 0 Å². The fourth-order valence-electron chi connectivity index (χ4n) is 3.84. The minimum Gasteiger partial charge on any atom is -0.493 e. The van der Waals surface area contributed by atoms with Crippen LogP contribution in [0.1, 0.15) is 31.4 Å². The van der Waals surface area contributed by atoms with Crippen molar-refractivity contribution in [3.8, 4) is 5.75 Å². The number of morpholine rings is 1. The molecule has 0 amide bonds. The molecule has 3 rings (SSSR count). The molecule has 2 aliphatic rings. The van der Waals surface area contributed by atoms with E-state index in [0.717, 1.165) is 69.8 Å². The Hall–Kier alpha value is -1.10. The van der Waals surface area contributed by atoms with Crippen molar-refractivity contribution in [2.24, 2.45) is 10.9 Å². The summed E-state index contributed by atoms with van der Waals surface area (Å²) in [5.74, 6) is 2.23. The third-order valence-corrected chi connectivity index (χ3v) is 5.95. The SMILES string of the molecule is CN=C(NCc1ccc(C)cc1OCC1CCOC1)NCC(C)(C)N1CCOCC1.I. The van der Waals surface area contributed by atoms with Gasteiger partial charge in [0.2, 0.25) is 0 Å². The number of aliphatic imine (C=N–C) groups is 1. The van der Waals surface area contributed by atoms with Gasteiger partial charge in [0.15, 0.2) is 5.96 Å². The lowest BCUT2D eigenvalue weighted by atomic mass is 10.0. The molecule has 2 heterocycles. The van der Waals surface area contributed by atoms with E-state index in [1.807, 2.05) is 7.05 Å². The number of nitrogens with one attached hydrogen (secondary N) is 2. The van der Waals surface area contributed by atoms with Crippen LogP contribution in [0.2, 0.25) is 0 Å². The second-order valence-corrected chi connectivity index (χ2v) is 8.84. The molecule has 2 fully saturated rings. The number of halogens is 1. The number of ether oxygens (including phenoxy) is 3. The molecule has 2 saturated heterocycles. The lowest BCUT2D eigenvalue weighted by molar-refractivity contribution is -0.00834. The second-order valence-electron chi connectivity index (χ2n) is 8.84. The van der Waals surface area contributed by atoms with Gasteiger partial charge in [-0.05, 0) is 38.8 Å². The first-order valence-corrected chi connectivity index (χ1v) is 11.1. The van der Waals surface area contributed by atoms with E-state index < -0.39 is 0 Å². The van der Waals surface area contributed by atoms with Gasteiger partial charge in [-0.2, -0.15) is 0 Å². The Balaban J connectivity index is 0.00000341. The van der Waals surface area contributed by atoms with Crippen LogP contribution in [0.15, 0.2) is 23.2 Å². The zero-order valence-corrected chi connectivity index (χ0v) is 21.7. The van der Waals surface area contributed by atoms with Crippen molar-refractivity contribution in [1.82, 2.24) is 15.5 Å². The minimum absolute atomic E-state index is 0. The van der Waals surface area contributed by atoms with Crippen LogP contribution in [-0.2, 0) is 16.0 Å². The highest BCUT2D eigenvalue weighted by Crippen LogP contribution is 2.23. The van der Waals surface area contributed by atoms with Crippen LogP contribution in [0.4, 0.5) is 0 Å². The Kier molecular flexibility index (Phi) is 10.8. The highest BCUT2D eigenvalue weighted by Gasteiger charge is 2.28. The fourth-order valence-corrected chi connectivity index (χ4v) is 3.84. The quantitative estimate of drug-likeness (QED) is 0.297. The van der Waals surface area contributed by atoms with E-state index in [1.165, 1.54) is 5.56 Å². The van der Waals surface area contributed by atoms with Crippen LogP contribution in [-0.4, -0.2) is 76.1 Å². The van der Waals surface area contributed by atoms with Gasteiger partial charge in [-0.25, -0.2) is 0 Å². The van der Waals surface area contributed by atoms with Crippen molar-refractivity contribution >= 4 is 29.9 Å². The standard InChI is InChI=1S/C23H38N4O3.HI/c1-18-5-6-20(21(13-18)30-16-19-7-10-29-15-19)14-25-22(24-4)26-17-23(2,3)27-8-11-28-12-9-27;/h5-6,13,19H,7-12,14-17H2,1-4H3,(H2,24,25,26);1H. The topological polar surface area (TPSA) is 67.4 Å². The Morgan fingerprint density at radius 2 is 1.97 bits per heavy atom. The number of rotatable bonds is 8. The molecule has 0 radical (unpaired) electrons. The predicted molar refractivity (Wildman–Crippen MR) is 136 cm³/mol. The highest BCUT2D eigenvalue weighted by atomic mass is 127. The largest absolute Gasteiger partial charge is 0.493 e. The van der Waals surface area contributed by atoms with Crippen molar-refractivity contribution in [2.45, 2.75) is 39.3 Å². The van der Waals surface area contributed by atoms with E-state index in [0.29, 0.717) is 19.1 Å². The van der Waals surface area contributed by atoms with Crippen molar-refractivity contribution in [2.75, 3.05) is 59.7 Å². The molecule has 0 aliphatic carbocycles. The van der Waals surface area contributed by atoms with E-state index in [-0.39, 0.29) is 29.5 Å². The number of hydrogen-bond acceptors (Lipinski definition) is 5. The molecule has 2 aliphatic heterocycles. The molecule has 0 aromatic heterocycles.